The van der Waals surface area contributed by atoms with Gasteiger partial charge in [0.1, 0.15) is 11.5 Å². The van der Waals surface area contributed by atoms with Crippen LogP contribution in [-0.4, -0.2) is 19.3 Å². The van der Waals surface area contributed by atoms with Crippen LogP contribution in [0, 0.1) is 5.92 Å². The Morgan fingerprint density at radius 2 is 1.90 bits per heavy atom. The fraction of sp³-hybridized carbons (Fsp3) is 0.333. The molecule has 0 amide bonds. The number of benzene rings is 2. The quantitative estimate of drug-likeness (QED) is 0.886. The van der Waals surface area contributed by atoms with Gasteiger partial charge in [-0.05, 0) is 37.6 Å². The van der Waals surface area contributed by atoms with Gasteiger partial charge in [0.25, 0.3) is 0 Å². The van der Waals surface area contributed by atoms with Gasteiger partial charge in [0, 0.05) is 30.3 Å². The molecule has 0 aliphatic carbocycles. The van der Waals surface area contributed by atoms with Crippen LogP contribution >= 0.6 is 0 Å². The molecule has 2 aromatic rings. The van der Waals surface area contributed by atoms with Crippen LogP contribution in [0.3, 0.4) is 0 Å². The molecule has 0 aromatic heterocycles. The molecule has 2 atom stereocenters. The summed E-state index contributed by atoms with van der Waals surface area (Å²) in [7, 11) is 0. The van der Waals surface area contributed by atoms with Crippen molar-refractivity contribution in [2.24, 2.45) is 5.92 Å². The maximum Gasteiger partial charge on any atom is 0.129 e. The number of para-hydroxylation sites is 1. The second kappa shape index (κ2) is 6.64. The number of hydrogen-bond acceptors (Lipinski definition) is 3. The van der Waals surface area contributed by atoms with Crippen molar-refractivity contribution in [1.82, 2.24) is 0 Å². The highest BCUT2D eigenvalue weighted by molar-refractivity contribution is 5.49. The van der Waals surface area contributed by atoms with Gasteiger partial charge in [0.15, 0.2) is 0 Å². The van der Waals surface area contributed by atoms with E-state index in [2.05, 4.69) is 18.3 Å². The minimum atomic E-state index is 0.402. The van der Waals surface area contributed by atoms with Gasteiger partial charge in [-0.25, -0.2) is 0 Å². The SMILES string of the molecule is CC(Nc1cccc(Oc2ccccc2)c1)C1CCOC1. The normalized spacial score (nSPS) is 19.2. The third kappa shape index (κ3) is 3.76. The molecular formula is C18H21NO2. The van der Waals surface area contributed by atoms with Crippen LogP contribution in [0.15, 0.2) is 54.6 Å². The molecule has 0 saturated carbocycles. The van der Waals surface area contributed by atoms with Gasteiger partial charge in [-0.2, -0.15) is 0 Å². The van der Waals surface area contributed by atoms with Crippen molar-refractivity contribution < 1.29 is 9.47 Å². The number of rotatable bonds is 5. The van der Waals surface area contributed by atoms with Crippen molar-refractivity contribution in [3.05, 3.63) is 54.6 Å². The fourth-order valence-electron chi connectivity index (χ4n) is 2.60. The van der Waals surface area contributed by atoms with Gasteiger partial charge < -0.3 is 14.8 Å². The van der Waals surface area contributed by atoms with Crippen molar-refractivity contribution in [1.29, 1.82) is 0 Å². The van der Waals surface area contributed by atoms with E-state index in [9.17, 15) is 0 Å². The summed E-state index contributed by atoms with van der Waals surface area (Å²) >= 11 is 0. The second-order valence-electron chi connectivity index (χ2n) is 5.50. The molecule has 0 spiro atoms. The van der Waals surface area contributed by atoms with Crippen molar-refractivity contribution in [2.45, 2.75) is 19.4 Å². The zero-order chi connectivity index (χ0) is 14.5. The first kappa shape index (κ1) is 14.0. The van der Waals surface area contributed by atoms with Gasteiger partial charge >= 0.3 is 0 Å². The Morgan fingerprint density at radius 1 is 1.10 bits per heavy atom. The summed E-state index contributed by atoms with van der Waals surface area (Å²) in [4.78, 5) is 0. The Labute approximate surface area is 125 Å². The molecule has 1 fully saturated rings. The highest BCUT2D eigenvalue weighted by Crippen LogP contribution is 2.26. The van der Waals surface area contributed by atoms with E-state index < -0.39 is 0 Å². The maximum absolute atomic E-state index is 5.86. The standard InChI is InChI=1S/C18H21NO2/c1-14(15-10-11-20-13-15)19-16-6-5-9-18(12-16)21-17-7-3-2-4-8-17/h2-9,12,14-15,19H,10-11,13H2,1H3. The molecule has 0 radical (unpaired) electrons. The minimum absolute atomic E-state index is 0.402. The van der Waals surface area contributed by atoms with Gasteiger partial charge in [-0.15, -0.1) is 0 Å². The number of hydrogen-bond donors (Lipinski definition) is 1. The lowest BCUT2D eigenvalue weighted by atomic mass is 10.0. The summed E-state index contributed by atoms with van der Waals surface area (Å²) in [6.45, 7) is 3.95. The smallest absolute Gasteiger partial charge is 0.129 e. The predicted octanol–water partition coefficient (Wildman–Crippen LogP) is 4.32. The molecule has 110 valence electrons. The van der Waals surface area contributed by atoms with Crippen molar-refractivity contribution >= 4 is 5.69 Å². The molecule has 3 nitrogen and oxygen atoms in total. The van der Waals surface area contributed by atoms with Gasteiger partial charge in [0.2, 0.25) is 0 Å². The van der Waals surface area contributed by atoms with E-state index in [0.29, 0.717) is 12.0 Å². The zero-order valence-electron chi connectivity index (χ0n) is 12.3. The maximum atomic E-state index is 5.86. The van der Waals surface area contributed by atoms with Crippen LogP contribution < -0.4 is 10.1 Å². The van der Waals surface area contributed by atoms with Crippen molar-refractivity contribution in [3.63, 3.8) is 0 Å². The Balaban J connectivity index is 1.65. The third-order valence-corrected chi connectivity index (χ3v) is 3.88. The third-order valence-electron chi connectivity index (χ3n) is 3.88. The van der Waals surface area contributed by atoms with Crippen LogP contribution in [-0.2, 0) is 4.74 Å². The van der Waals surface area contributed by atoms with Gasteiger partial charge in [0.05, 0.1) is 6.61 Å². The van der Waals surface area contributed by atoms with E-state index in [0.717, 1.165) is 36.8 Å². The Kier molecular flexibility index (Phi) is 4.41. The Hall–Kier alpha value is -2.00. The number of ether oxygens (including phenoxy) is 2. The predicted molar refractivity (Wildman–Crippen MR) is 85.0 cm³/mol. The molecule has 3 heteroatoms. The molecule has 1 saturated heterocycles. The van der Waals surface area contributed by atoms with Crippen LogP contribution in [0.4, 0.5) is 5.69 Å². The van der Waals surface area contributed by atoms with Crippen LogP contribution in [0.1, 0.15) is 13.3 Å². The number of anilines is 1. The summed E-state index contributed by atoms with van der Waals surface area (Å²) in [5.74, 6) is 2.29. The van der Waals surface area contributed by atoms with Crippen LogP contribution in [0.2, 0.25) is 0 Å². The lowest BCUT2D eigenvalue weighted by molar-refractivity contribution is 0.183. The fourth-order valence-corrected chi connectivity index (χ4v) is 2.60. The Bertz CT molecular complexity index is 564. The first-order chi connectivity index (χ1) is 10.3. The molecule has 1 heterocycles. The molecule has 21 heavy (non-hydrogen) atoms. The monoisotopic (exact) mass is 283 g/mol. The molecule has 1 aliphatic rings. The van der Waals surface area contributed by atoms with E-state index in [4.69, 9.17) is 9.47 Å². The topological polar surface area (TPSA) is 30.5 Å². The molecule has 1 aliphatic heterocycles. The van der Waals surface area contributed by atoms with Gasteiger partial charge in [-0.1, -0.05) is 24.3 Å². The molecular weight excluding hydrogens is 262 g/mol. The summed E-state index contributed by atoms with van der Waals surface area (Å²) in [6, 6.07) is 18.3. The first-order valence-electron chi connectivity index (χ1n) is 7.48. The summed E-state index contributed by atoms with van der Waals surface area (Å²) in [6.07, 6.45) is 1.13. The highest BCUT2D eigenvalue weighted by Gasteiger charge is 2.22. The van der Waals surface area contributed by atoms with Crippen molar-refractivity contribution in [2.75, 3.05) is 18.5 Å². The minimum Gasteiger partial charge on any atom is -0.457 e. The average molecular weight is 283 g/mol. The van der Waals surface area contributed by atoms with E-state index in [1.54, 1.807) is 0 Å². The number of nitrogens with one attached hydrogen (secondary N) is 1. The lowest BCUT2D eigenvalue weighted by Gasteiger charge is -2.20. The lowest BCUT2D eigenvalue weighted by Crippen LogP contribution is -2.26. The van der Waals surface area contributed by atoms with E-state index in [1.165, 1.54) is 0 Å². The van der Waals surface area contributed by atoms with Gasteiger partial charge in [-0.3, -0.25) is 0 Å². The largest absolute Gasteiger partial charge is 0.457 e. The van der Waals surface area contributed by atoms with Crippen LogP contribution in [0.25, 0.3) is 0 Å². The Morgan fingerprint density at radius 3 is 2.67 bits per heavy atom. The molecule has 3 rings (SSSR count). The first-order valence-corrected chi connectivity index (χ1v) is 7.48. The summed E-state index contributed by atoms with van der Waals surface area (Å²) in [5.41, 5.74) is 1.09. The van der Waals surface area contributed by atoms with Crippen molar-refractivity contribution in [3.8, 4) is 11.5 Å². The average Bonchev–Trinajstić information content (AvgIpc) is 3.03. The van der Waals surface area contributed by atoms with E-state index in [1.807, 2.05) is 48.5 Å². The van der Waals surface area contributed by atoms with E-state index >= 15 is 0 Å². The molecule has 2 aromatic carbocycles. The van der Waals surface area contributed by atoms with Crippen LogP contribution in [0.5, 0.6) is 11.5 Å². The molecule has 1 N–H and O–H groups in total. The molecule has 2 unspecified atom stereocenters. The highest BCUT2D eigenvalue weighted by atomic mass is 16.5. The second-order valence-corrected chi connectivity index (χ2v) is 5.50. The zero-order valence-corrected chi connectivity index (χ0v) is 12.3. The summed E-state index contributed by atoms with van der Waals surface area (Å²) in [5, 5.41) is 3.55. The van der Waals surface area contributed by atoms with E-state index in [-0.39, 0.29) is 0 Å². The molecule has 0 bridgehead atoms. The summed E-state index contributed by atoms with van der Waals surface area (Å²) < 4.78 is 11.3.